The number of anilines is 3. The summed E-state index contributed by atoms with van der Waals surface area (Å²) in [7, 11) is 1.59. The second kappa shape index (κ2) is 14.3. The lowest BCUT2D eigenvalue weighted by molar-refractivity contribution is -0.137. The number of methoxy groups -OCH3 is 1. The van der Waals surface area contributed by atoms with Crippen LogP contribution in [0.1, 0.15) is 66.2 Å². The minimum Gasteiger partial charge on any atom is -0.481 e. The molecule has 1 aromatic carbocycles. The van der Waals surface area contributed by atoms with Gasteiger partial charge in [-0.2, -0.15) is 13.2 Å². The molecule has 1 fully saturated rings. The topological polar surface area (TPSA) is 98.3 Å². The fourth-order valence-corrected chi connectivity index (χ4v) is 4.88. The third-order valence-electron chi connectivity index (χ3n) is 7.09. The van der Waals surface area contributed by atoms with Crippen molar-refractivity contribution in [1.82, 2.24) is 15.0 Å². The number of hydrogen-bond acceptors (Lipinski definition) is 7. The van der Waals surface area contributed by atoms with Crippen LogP contribution in [-0.4, -0.2) is 41.2 Å². The van der Waals surface area contributed by atoms with Crippen molar-refractivity contribution in [2.75, 3.05) is 31.0 Å². The number of carbonyl (C=O) groups excluding carboxylic acids is 1. The number of nitrogens with one attached hydrogen (secondary N) is 2. The number of ether oxygens (including phenoxy) is 2. The Kier molecular flexibility index (Phi) is 10.5. The van der Waals surface area contributed by atoms with E-state index in [0.717, 1.165) is 61.4 Å². The van der Waals surface area contributed by atoms with Crippen LogP contribution in [-0.2, 0) is 28.5 Å². The summed E-state index contributed by atoms with van der Waals surface area (Å²) in [4.78, 5) is 24.9. The van der Waals surface area contributed by atoms with Crippen LogP contribution in [0.25, 0.3) is 0 Å². The van der Waals surface area contributed by atoms with E-state index < -0.39 is 17.6 Å². The zero-order valence-corrected chi connectivity index (χ0v) is 23.9. The fourth-order valence-electron chi connectivity index (χ4n) is 4.88. The maximum absolute atomic E-state index is 13.9. The minimum absolute atomic E-state index is 0.266. The molecule has 0 bridgehead atoms. The Labute approximate surface area is 243 Å². The van der Waals surface area contributed by atoms with Crippen molar-refractivity contribution in [2.24, 2.45) is 0 Å². The molecule has 0 aliphatic carbocycles. The van der Waals surface area contributed by atoms with Gasteiger partial charge in [-0.1, -0.05) is 19.1 Å². The summed E-state index contributed by atoms with van der Waals surface area (Å²) in [6.07, 6.45) is 2.87. The molecule has 3 aromatic rings. The molecule has 11 heteroatoms. The second-order valence-corrected chi connectivity index (χ2v) is 10.3. The SMILES string of the molecule is C=CC(=O)Nc1cc(C)ccc1Nc1nc(CCCc2cc(OC)nc(C3CCCCOCC3)c2)ncc1C(F)(F)F. The van der Waals surface area contributed by atoms with E-state index in [9.17, 15) is 18.0 Å². The number of halogens is 3. The Morgan fingerprint density at radius 3 is 2.71 bits per heavy atom. The first-order valence-corrected chi connectivity index (χ1v) is 14.0. The van der Waals surface area contributed by atoms with Gasteiger partial charge in [-0.3, -0.25) is 4.79 Å². The van der Waals surface area contributed by atoms with Gasteiger partial charge in [-0.05, 0) is 74.4 Å². The Morgan fingerprint density at radius 1 is 1.12 bits per heavy atom. The molecule has 224 valence electrons. The predicted molar refractivity (Wildman–Crippen MR) is 155 cm³/mol. The van der Waals surface area contributed by atoms with Crippen LogP contribution in [0.3, 0.4) is 0 Å². The molecule has 4 rings (SSSR count). The van der Waals surface area contributed by atoms with Crippen molar-refractivity contribution in [3.63, 3.8) is 0 Å². The van der Waals surface area contributed by atoms with Crippen molar-refractivity contribution in [3.05, 3.63) is 77.4 Å². The summed E-state index contributed by atoms with van der Waals surface area (Å²) in [6, 6.07) is 8.94. The molecule has 3 heterocycles. The van der Waals surface area contributed by atoms with Crippen molar-refractivity contribution in [1.29, 1.82) is 0 Å². The predicted octanol–water partition coefficient (Wildman–Crippen LogP) is 6.93. The Bertz CT molecular complexity index is 1390. The van der Waals surface area contributed by atoms with Gasteiger partial charge in [-0.15, -0.1) is 0 Å². The van der Waals surface area contributed by atoms with Gasteiger partial charge in [0.25, 0.3) is 0 Å². The molecule has 0 spiro atoms. The number of nitrogens with zero attached hydrogens (tertiary/aromatic N) is 3. The van der Waals surface area contributed by atoms with Crippen LogP contribution in [0, 0.1) is 6.92 Å². The Morgan fingerprint density at radius 2 is 1.95 bits per heavy atom. The highest BCUT2D eigenvalue weighted by Gasteiger charge is 2.35. The lowest BCUT2D eigenvalue weighted by atomic mass is 9.92. The van der Waals surface area contributed by atoms with Gasteiger partial charge in [0.15, 0.2) is 0 Å². The fraction of sp³-hybridized carbons (Fsp3) is 0.419. The average molecular weight is 584 g/mol. The van der Waals surface area contributed by atoms with Gasteiger partial charge in [0.1, 0.15) is 17.2 Å². The molecule has 2 aromatic heterocycles. The number of aromatic nitrogens is 3. The van der Waals surface area contributed by atoms with Crippen LogP contribution in [0.2, 0.25) is 0 Å². The van der Waals surface area contributed by atoms with E-state index in [1.54, 1.807) is 25.3 Å². The number of pyridine rings is 1. The van der Waals surface area contributed by atoms with Crippen molar-refractivity contribution >= 4 is 23.1 Å². The Balaban J connectivity index is 1.52. The largest absolute Gasteiger partial charge is 0.481 e. The number of hydrogen-bond donors (Lipinski definition) is 2. The van der Waals surface area contributed by atoms with E-state index in [1.807, 2.05) is 13.0 Å². The highest BCUT2D eigenvalue weighted by Crippen LogP contribution is 2.36. The van der Waals surface area contributed by atoms with Gasteiger partial charge in [0.05, 0.1) is 18.5 Å². The maximum atomic E-state index is 13.9. The number of carbonyl (C=O) groups is 1. The molecule has 42 heavy (non-hydrogen) atoms. The summed E-state index contributed by atoms with van der Waals surface area (Å²) in [5.74, 6) is 0.230. The molecule has 2 N–H and O–H groups in total. The van der Waals surface area contributed by atoms with E-state index in [4.69, 9.17) is 9.47 Å². The minimum atomic E-state index is -4.68. The lowest BCUT2D eigenvalue weighted by Crippen LogP contribution is -2.14. The van der Waals surface area contributed by atoms with Crippen molar-refractivity contribution in [2.45, 2.75) is 64.0 Å². The second-order valence-electron chi connectivity index (χ2n) is 10.3. The summed E-state index contributed by atoms with van der Waals surface area (Å²) in [5, 5.41) is 5.39. The smallest absolute Gasteiger partial charge is 0.421 e. The van der Waals surface area contributed by atoms with E-state index in [2.05, 4.69) is 38.2 Å². The third kappa shape index (κ3) is 8.51. The number of benzene rings is 1. The van der Waals surface area contributed by atoms with Gasteiger partial charge in [0, 0.05) is 43.5 Å². The van der Waals surface area contributed by atoms with Crippen LogP contribution < -0.4 is 15.4 Å². The average Bonchev–Trinajstić information content (AvgIpc) is 2.93. The third-order valence-corrected chi connectivity index (χ3v) is 7.09. The monoisotopic (exact) mass is 583 g/mol. The molecule has 1 atom stereocenters. The number of aryl methyl sites for hydroxylation is 3. The van der Waals surface area contributed by atoms with Crippen LogP contribution in [0.5, 0.6) is 5.88 Å². The van der Waals surface area contributed by atoms with Crippen molar-refractivity contribution in [3.8, 4) is 5.88 Å². The van der Waals surface area contributed by atoms with Crippen LogP contribution in [0.4, 0.5) is 30.4 Å². The first-order valence-electron chi connectivity index (χ1n) is 14.0. The molecular formula is C31H36F3N5O3. The number of alkyl halides is 3. The number of rotatable bonds is 10. The number of amides is 1. The summed E-state index contributed by atoms with van der Waals surface area (Å²) >= 11 is 0. The van der Waals surface area contributed by atoms with Gasteiger partial charge in [0.2, 0.25) is 11.8 Å². The van der Waals surface area contributed by atoms with E-state index in [1.165, 1.54) is 0 Å². The van der Waals surface area contributed by atoms with Gasteiger partial charge in [-0.25, -0.2) is 15.0 Å². The summed E-state index contributed by atoms with van der Waals surface area (Å²) in [6.45, 7) is 6.74. The first-order chi connectivity index (χ1) is 20.2. The Hall–Kier alpha value is -3.99. The zero-order valence-electron chi connectivity index (χ0n) is 23.9. The summed E-state index contributed by atoms with van der Waals surface area (Å²) < 4.78 is 52.7. The molecule has 1 unspecified atom stereocenters. The molecule has 0 saturated carbocycles. The van der Waals surface area contributed by atoms with Gasteiger partial charge >= 0.3 is 6.18 Å². The molecule has 1 aliphatic rings. The van der Waals surface area contributed by atoms with E-state index in [-0.39, 0.29) is 23.2 Å². The van der Waals surface area contributed by atoms with E-state index >= 15 is 0 Å². The maximum Gasteiger partial charge on any atom is 0.421 e. The van der Waals surface area contributed by atoms with Gasteiger partial charge < -0.3 is 20.1 Å². The molecule has 1 amide bonds. The highest BCUT2D eigenvalue weighted by atomic mass is 19.4. The molecule has 0 radical (unpaired) electrons. The van der Waals surface area contributed by atoms with Crippen LogP contribution in [0.15, 0.2) is 49.2 Å². The normalized spacial score (nSPS) is 15.8. The zero-order chi connectivity index (χ0) is 30.1. The van der Waals surface area contributed by atoms with Crippen LogP contribution >= 0.6 is 0 Å². The molecular weight excluding hydrogens is 547 g/mol. The molecule has 1 saturated heterocycles. The standard InChI is InChI=1S/C31H36F3N5O3/c1-4-28(40)36-26-16-20(2)11-12-24(26)38-30-23(31(32,33)34)19-35-27(39-30)10-7-8-21-17-25(37-29(18-21)41-3)22-9-5-6-14-42-15-13-22/h4,11-12,16-19,22H,1,5-10,13-15H2,2-3H3,(H,36,40)(H,35,38,39). The summed E-state index contributed by atoms with van der Waals surface area (Å²) in [5.41, 5.74) is 2.41. The first kappa shape index (κ1) is 31.0. The highest BCUT2D eigenvalue weighted by molar-refractivity contribution is 6.01. The van der Waals surface area contributed by atoms with E-state index in [0.29, 0.717) is 37.4 Å². The quantitative estimate of drug-likeness (QED) is 0.250. The molecule has 1 aliphatic heterocycles. The lowest BCUT2D eigenvalue weighted by Gasteiger charge is -2.20. The van der Waals surface area contributed by atoms with Crippen molar-refractivity contribution < 1.29 is 27.4 Å². The molecule has 8 nitrogen and oxygen atoms in total.